The first-order valence-corrected chi connectivity index (χ1v) is 11.5. The zero-order valence-corrected chi connectivity index (χ0v) is 18.9. The molecule has 0 aliphatic heterocycles. The Bertz CT molecular complexity index is 959. The van der Waals surface area contributed by atoms with Crippen LogP contribution in [0.1, 0.15) is 47.4 Å². The predicted molar refractivity (Wildman–Crippen MR) is 120 cm³/mol. The van der Waals surface area contributed by atoms with Crippen molar-refractivity contribution in [2.75, 3.05) is 13.2 Å². The smallest absolute Gasteiger partial charge is 0.323 e. The Morgan fingerprint density at radius 3 is 1.39 bits per heavy atom. The average Bonchev–Trinajstić information content (AvgIpc) is 3.16. The average molecular weight is 449 g/mol. The van der Waals surface area contributed by atoms with Crippen LogP contribution in [-0.2, 0) is 19.1 Å². The largest absolute Gasteiger partial charge is 0.465 e. The minimum Gasteiger partial charge on any atom is -0.465 e. The van der Waals surface area contributed by atoms with Gasteiger partial charge < -0.3 is 9.47 Å². The zero-order chi connectivity index (χ0) is 23.6. The van der Waals surface area contributed by atoms with Gasteiger partial charge in [-0.3, -0.25) is 19.2 Å². The summed E-state index contributed by atoms with van der Waals surface area (Å²) in [5.41, 5.74) is -0.435. The van der Waals surface area contributed by atoms with E-state index in [9.17, 15) is 19.2 Å². The number of fused-ring (bicyclic) bond motifs is 1. The maximum absolute atomic E-state index is 13.5. The molecule has 2 aliphatic rings. The molecule has 0 bridgehead atoms. The molecule has 0 heterocycles. The Balaban J connectivity index is 1.73. The molecule has 0 radical (unpaired) electrons. The van der Waals surface area contributed by atoms with Crippen molar-refractivity contribution < 1.29 is 28.7 Å². The second-order valence-electron chi connectivity index (χ2n) is 8.77. The number of esters is 2. The van der Waals surface area contributed by atoms with Crippen LogP contribution in [0.25, 0.3) is 0 Å². The normalized spacial score (nSPS) is 24.8. The van der Waals surface area contributed by atoms with E-state index in [1.54, 1.807) is 62.4 Å². The Kier molecular flexibility index (Phi) is 6.45. The first-order chi connectivity index (χ1) is 15.9. The Morgan fingerprint density at radius 2 is 1.06 bits per heavy atom. The minimum absolute atomic E-state index is 0.130. The molecule has 0 unspecified atom stereocenters. The minimum atomic E-state index is -1.48. The number of carbonyl (C=O) groups is 4. The van der Waals surface area contributed by atoms with Crippen molar-refractivity contribution in [2.24, 2.45) is 29.1 Å². The number of carbonyl (C=O) groups excluding carboxylic acids is 4. The van der Waals surface area contributed by atoms with Gasteiger partial charge in [0.2, 0.25) is 0 Å². The molecule has 4 atom stereocenters. The molecule has 2 aromatic rings. The lowest BCUT2D eigenvalue weighted by molar-refractivity contribution is -0.172. The van der Waals surface area contributed by atoms with Crippen LogP contribution in [0.2, 0.25) is 0 Å². The van der Waals surface area contributed by atoms with Gasteiger partial charge in [-0.25, -0.2) is 0 Å². The molecule has 172 valence electrons. The summed E-state index contributed by atoms with van der Waals surface area (Å²) in [4.78, 5) is 53.1. The summed E-state index contributed by atoms with van der Waals surface area (Å²) in [6.45, 7) is 3.63. The van der Waals surface area contributed by atoms with Gasteiger partial charge in [-0.05, 0) is 38.5 Å². The van der Waals surface area contributed by atoms with Gasteiger partial charge >= 0.3 is 11.9 Å². The summed E-state index contributed by atoms with van der Waals surface area (Å²) in [5.74, 6) is -3.27. The van der Waals surface area contributed by atoms with Crippen molar-refractivity contribution in [1.82, 2.24) is 0 Å². The van der Waals surface area contributed by atoms with Gasteiger partial charge in [0, 0.05) is 23.0 Å². The third kappa shape index (κ3) is 3.88. The molecule has 0 aromatic heterocycles. The molecule has 33 heavy (non-hydrogen) atoms. The SMILES string of the molecule is CCOC(=O)C1(C(=O)OCC)C[C@@H]2[C@H](C1)[C@@H](C(=O)c1ccccc1)[C@H]2C(=O)c1ccccc1. The van der Waals surface area contributed by atoms with Crippen molar-refractivity contribution in [3.8, 4) is 0 Å². The number of hydrogen-bond donors (Lipinski definition) is 0. The standard InChI is InChI=1S/C27H28O6/c1-3-32-25(30)27(26(31)33-4-2)15-19-20(16-27)22(24(29)18-13-9-6-10-14-18)21(19)23(28)17-11-7-5-8-12-17/h5-14,19-22H,3-4,15-16H2,1-2H3/t19-,20+,21+,22-. The topological polar surface area (TPSA) is 86.7 Å². The lowest BCUT2D eigenvalue weighted by atomic mass is 9.54. The number of ketones is 2. The molecule has 2 saturated carbocycles. The van der Waals surface area contributed by atoms with Crippen molar-refractivity contribution in [3.63, 3.8) is 0 Å². The predicted octanol–water partition coefficient (Wildman–Crippen LogP) is 4.14. The summed E-state index contributed by atoms with van der Waals surface area (Å²) >= 11 is 0. The Hall–Kier alpha value is -3.28. The summed E-state index contributed by atoms with van der Waals surface area (Å²) in [6, 6.07) is 17.7. The second kappa shape index (κ2) is 9.30. The first kappa shape index (κ1) is 22.9. The number of hydrogen-bond acceptors (Lipinski definition) is 6. The van der Waals surface area contributed by atoms with Gasteiger partial charge in [-0.15, -0.1) is 0 Å². The van der Waals surface area contributed by atoms with Crippen molar-refractivity contribution in [1.29, 1.82) is 0 Å². The summed E-state index contributed by atoms with van der Waals surface area (Å²) in [5, 5.41) is 0. The van der Waals surface area contributed by atoms with Gasteiger partial charge in [0.15, 0.2) is 17.0 Å². The van der Waals surface area contributed by atoms with Crippen LogP contribution < -0.4 is 0 Å². The van der Waals surface area contributed by atoms with E-state index in [4.69, 9.17) is 9.47 Å². The van der Waals surface area contributed by atoms with E-state index < -0.39 is 29.2 Å². The molecule has 6 heteroatoms. The molecular formula is C27H28O6. The third-order valence-electron chi connectivity index (χ3n) is 7.08. The first-order valence-electron chi connectivity index (χ1n) is 11.5. The molecule has 0 spiro atoms. The van der Waals surface area contributed by atoms with Crippen LogP contribution >= 0.6 is 0 Å². The van der Waals surface area contributed by atoms with Crippen molar-refractivity contribution in [2.45, 2.75) is 26.7 Å². The van der Waals surface area contributed by atoms with Gasteiger partial charge in [0.25, 0.3) is 0 Å². The quantitative estimate of drug-likeness (QED) is 0.343. The fourth-order valence-electron chi connectivity index (χ4n) is 5.62. The highest BCUT2D eigenvalue weighted by atomic mass is 16.6. The van der Waals surface area contributed by atoms with E-state index in [0.29, 0.717) is 11.1 Å². The van der Waals surface area contributed by atoms with E-state index >= 15 is 0 Å². The van der Waals surface area contributed by atoms with Crippen LogP contribution in [0.5, 0.6) is 0 Å². The summed E-state index contributed by atoms with van der Waals surface area (Å²) in [6.07, 6.45) is 0.300. The molecule has 2 aromatic carbocycles. The molecule has 6 nitrogen and oxygen atoms in total. The molecule has 4 rings (SSSR count). The second-order valence-corrected chi connectivity index (χ2v) is 8.77. The highest BCUT2D eigenvalue weighted by Crippen LogP contribution is 2.63. The fourth-order valence-corrected chi connectivity index (χ4v) is 5.62. The summed E-state index contributed by atoms with van der Waals surface area (Å²) in [7, 11) is 0. The van der Waals surface area contributed by atoms with Crippen LogP contribution in [0.4, 0.5) is 0 Å². The fraction of sp³-hybridized carbons (Fsp3) is 0.407. The zero-order valence-electron chi connectivity index (χ0n) is 18.9. The maximum atomic E-state index is 13.5. The van der Waals surface area contributed by atoms with Crippen LogP contribution in [0.3, 0.4) is 0 Å². The molecule has 0 amide bonds. The number of rotatable bonds is 8. The monoisotopic (exact) mass is 448 g/mol. The van der Waals surface area contributed by atoms with E-state index in [1.165, 1.54) is 0 Å². The van der Waals surface area contributed by atoms with E-state index in [1.807, 2.05) is 12.1 Å². The lowest BCUT2D eigenvalue weighted by Crippen LogP contribution is -2.51. The number of benzene rings is 2. The maximum Gasteiger partial charge on any atom is 0.323 e. The Morgan fingerprint density at radius 1 is 0.697 bits per heavy atom. The summed E-state index contributed by atoms with van der Waals surface area (Å²) < 4.78 is 10.5. The van der Waals surface area contributed by atoms with Crippen LogP contribution in [0, 0.1) is 29.1 Å². The molecule has 0 saturated heterocycles. The molecular weight excluding hydrogens is 420 g/mol. The van der Waals surface area contributed by atoms with Gasteiger partial charge in [0.05, 0.1) is 13.2 Å². The van der Waals surface area contributed by atoms with Crippen LogP contribution in [0.15, 0.2) is 60.7 Å². The number of Topliss-reactive ketones (excluding diaryl/α,β-unsaturated/α-hetero) is 2. The van der Waals surface area contributed by atoms with Crippen molar-refractivity contribution >= 4 is 23.5 Å². The van der Waals surface area contributed by atoms with Crippen LogP contribution in [-0.4, -0.2) is 36.7 Å². The third-order valence-corrected chi connectivity index (χ3v) is 7.08. The van der Waals surface area contributed by atoms with Gasteiger partial charge in [-0.2, -0.15) is 0 Å². The molecule has 2 aliphatic carbocycles. The molecule has 0 N–H and O–H groups in total. The lowest BCUT2D eigenvalue weighted by Gasteiger charge is -2.47. The van der Waals surface area contributed by atoms with Gasteiger partial charge in [0.1, 0.15) is 0 Å². The van der Waals surface area contributed by atoms with Crippen molar-refractivity contribution in [3.05, 3.63) is 71.8 Å². The molecule has 2 fully saturated rings. The van der Waals surface area contributed by atoms with Gasteiger partial charge in [-0.1, -0.05) is 60.7 Å². The highest BCUT2D eigenvalue weighted by Gasteiger charge is 2.68. The van der Waals surface area contributed by atoms with E-state index in [-0.39, 0.29) is 49.5 Å². The highest BCUT2D eigenvalue weighted by molar-refractivity contribution is 6.08. The Labute approximate surface area is 193 Å². The van der Waals surface area contributed by atoms with E-state index in [2.05, 4.69) is 0 Å². The number of ether oxygens (including phenoxy) is 2. The van der Waals surface area contributed by atoms with E-state index in [0.717, 1.165) is 0 Å².